The first-order valence-electron chi connectivity index (χ1n) is 15.8. The van der Waals surface area contributed by atoms with Crippen LogP contribution in [0, 0.1) is 0 Å². The van der Waals surface area contributed by atoms with Gasteiger partial charge in [-0.2, -0.15) is 5.10 Å². The van der Waals surface area contributed by atoms with Crippen LogP contribution in [0.5, 0.6) is 0 Å². The number of anilines is 1. The van der Waals surface area contributed by atoms with E-state index in [-0.39, 0.29) is 17.7 Å². The molecule has 9 nitrogen and oxygen atoms in total. The van der Waals surface area contributed by atoms with Gasteiger partial charge in [0.1, 0.15) is 0 Å². The Balaban J connectivity index is 0.901. The second-order valence-corrected chi connectivity index (χ2v) is 12.1. The van der Waals surface area contributed by atoms with Crippen LogP contribution in [-0.2, 0) is 16.1 Å². The standard InChI is InChI=1S/C37H33N7O2/c45-35-14-13-30(37(46)41-35)27-7-5-25(6-8-27)23-42-17-19-43(20-18-42)29-11-9-26(10-12-29)28-21-39-36-33(22-40-44(36)24-28)31-15-16-38-34-4-2-1-3-32(31)34/h1-12,15-16,21-22,24,30H,13-14,17-20,23H2,(H,41,45,46). The number of imide groups is 1. The van der Waals surface area contributed by atoms with Crippen LogP contribution in [0.4, 0.5) is 5.69 Å². The zero-order chi connectivity index (χ0) is 31.0. The van der Waals surface area contributed by atoms with Crippen molar-refractivity contribution in [2.24, 2.45) is 0 Å². The highest BCUT2D eigenvalue weighted by Gasteiger charge is 2.28. The first kappa shape index (κ1) is 28.1. The lowest BCUT2D eigenvalue weighted by Gasteiger charge is -2.36. The van der Waals surface area contributed by atoms with Crippen LogP contribution in [0.15, 0.2) is 104 Å². The van der Waals surface area contributed by atoms with Crippen molar-refractivity contribution in [3.05, 3.63) is 115 Å². The highest BCUT2D eigenvalue weighted by molar-refractivity contribution is 6.01. The molecule has 2 saturated heterocycles. The lowest BCUT2D eigenvalue weighted by atomic mass is 9.90. The van der Waals surface area contributed by atoms with Gasteiger partial charge in [0, 0.05) is 79.9 Å². The number of nitrogens with zero attached hydrogens (tertiary/aromatic N) is 6. The zero-order valence-corrected chi connectivity index (χ0v) is 25.3. The van der Waals surface area contributed by atoms with E-state index in [9.17, 15) is 9.59 Å². The van der Waals surface area contributed by atoms with Crippen LogP contribution < -0.4 is 10.2 Å². The van der Waals surface area contributed by atoms with Crippen LogP contribution in [-0.4, -0.2) is 62.5 Å². The van der Waals surface area contributed by atoms with E-state index < -0.39 is 0 Å². The Kier molecular flexibility index (Phi) is 7.23. The molecule has 3 aromatic heterocycles. The van der Waals surface area contributed by atoms with Crippen molar-refractivity contribution < 1.29 is 9.59 Å². The van der Waals surface area contributed by atoms with Crippen LogP contribution in [0.1, 0.15) is 29.9 Å². The molecule has 8 rings (SSSR count). The quantitative estimate of drug-likeness (QED) is 0.252. The molecule has 0 saturated carbocycles. The van der Waals surface area contributed by atoms with Crippen molar-refractivity contribution in [3.8, 4) is 22.3 Å². The van der Waals surface area contributed by atoms with Crippen molar-refractivity contribution in [2.75, 3.05) is 31.1 Å². The van der Waals surface area contributed by atoms with Crippen molar-refractivity contribution in [2.45, 2.75) is 25.3 Å². The number of hydrogen-bond acceptors (Lipinski definition) is 7. The number of benzene rings is 3. The van der Waals surface area contributed by atoms with Gasteiger partial charge in [-0.1, -0.05) is 54.6 Å². The molecule has 0 radical (unpaired) electrons. The fourth-order valence-corrected chi connectivity index (χ4v) is 6.70. The number of aromatic nitrogens is 4. The summed E-state index contributed by atoms with van der Waals surface area (Å²) in [6.45, 7) is 4.75. The van der Waals surface area contributed by atoms with Crippen LogP contribution in [0.25, 0.3) is 38.8 Å². The third-order valence-corrected chi connectivity index (χ3v) is 9.26. The third kappa shape index (κ3) is 5.39. The molecule has 0 aliphatic carbocycles. The number of piperidine rings is 1. The van der Waals surface area contributed by atoms with E-state index in [4.69, 9.17) is 4.98 Å². The molecule has 1 unspecified atom stereocenters. The molecule has 2 fully saturated rings. The Labute approximate surface area is 266 Å². The summed E-state index contributed by atoms with van der Waals surface area (Å²) < 4.78 is 1.86. The highest BCUT2D eigenvalue weighted by Crippen LogP contribution is 2.31. The van der Waals surface area contributed by atoms with Gasteiger partial charge < -0.3 is 4.90 Å². The number of fused-ring (bicyclic) bond motifs is 2. The lowest BCUT2D eigenvalue weighted by molar-refractivity contribution is -0.134. The van der Waals surface area contributed by atoms with Gasteiger partial charge in [0.25, 0.3) is 0 Å². The van der Waals surface area contributed by atoms with Gasteiger partial charge in [-0.3, -0.25) is 24.8 Å². The zero-order valence-electron chi connectivity index (χ0n) is 25.3. The molecule has 6 aromatic rings. The van der Waals surface area contributed by atoms with E-state index in [1.165, 1.54) is 11.3 Å². The largest absolute Gasteiger partial charge is 0.369 e. The molecule has 9 heteroatoms. The van der Waals surface area contributed by atoms with Gasteiger partial charge in [0.15, 0.2) is 5.65 Å². The molecular weight excluding hydrogens is 574 g/mol. The summed E-state index contributed by atoms with van der Waals surface area (Å²) in [4.78, 5) is 37.9. The molecular formula is C37H33N7O2. The van der Waals surface area contributed by atoms with Crippen molar-refractivity contribution in [3.63, 3.8) is 0 Å². The maximum Gasteiger partial charge on any atom is 0.234 e. The maximum atomic E-state index is 12.2. The van der Waals surface area contributed by atoms with Crippen LogP contribution >= 0.6 is 0 Å². The van der Waals surface area contributed by atoms with E-state index in [2.05, 4.69) is 67.7 Å². The SMILES string of the molecule is O=C1CCC(c2ccc(CN3CCN(c4ccc(-c5cnc6c(-c7ccnc8ccccc78)cnn6c5)cc4)CC3)cc2)C(=O)N1. The molecule has 2 aliphatic rings. The van der Waals surface area contributed by atoms with Crippen LogP contribution in [0.2, 0.25) is 0 Å². The topological polar surface area (TPSA) is 95.7 Å². The molecule has 228 valence electrons. The predicted molar refractivity (Wildman–Crippen MR) is 178 cm³/mol. The second kappa shape index (κ2) is 11.8. The van der Waals surface area contributed by atoms with Gasteiger partial charge in [-0.25, -0.2) is 9.50 Å². The van der Waals surface area contributed by atoms with Crippen molar-refractivity contribution in [1.29, 1.82) is 0 Å². The summed E-state index contributed by atoms with van der Waals surface area (Å²) in [7, 11) is 0. The summed E-state index contributed by atoms with van der Waals surface area (Å²) in [5, 5.41) is 8.18. The molecule has 5 heterocycles. The predicted octanol–water partition coefficient (Wildman–Crippen LogP) is 5.45. The second-order valence-electron chi connectivity index (χ2n) is 12.1. The van der Waals surface area contributed by atoms with Crippen molar-refractivity contribution in [1.82, 2.24) is 29.8 Å². The maximum absolute atomic E-state index is 12.2. The van der Waals surface area contributed by atoms with E-state index in [0.29, 0.717) is 12.8 Å². The van der Waals surface area contributed by atoms with Gasteiger partial charge in [0.2, 0.25) is 11.8 Å². The van der Waals surface area contributed by atoms with Gasteiger partial charge >= 0.3 is 0 Å². The Morgan fingerprint density at radius 2 is 1.59 bits per heavy atom. The van der Waals surface area contributed by atoms with Gasteiger partial charge in [-0.05, 0) is 52.9 Å². The number of hydrogen-bond donors (Lipinski definition) is 1. The number of para-hydroxylation sites is 1. The molecule has 46 heavy (non-hydrogen) atoms. The molecule has 0 bridgehead atoms. The number of carbonyl (C=O) groups excluding carboxylic acids is 2. The fraction of sp³-hybridized carbons (Fsp3) is 0.216. The van der Waals surface area contributed by atoms with Crippen LogP contribution in [0.3, 0.4) is 0 Å². The number of rotatable bonds is 6. The number of amides is 2. The monoisotopic (exact) mass is 607 g/mol. The van der Waals surface area contributed by atoms with E-state index >= 15 is 0 Å². The average molecular weight is 608 g/mol. The van der Waals surface area contributed by atoms with E-state index in [1.807, 2.05) is 65.7 Å². The molecule has 1 atom stereocenters. The molecule has 0 spiro atoms. The van der Waals surface area contributed by atoms with Gasteiger partial charge in [0.05, 0.1) is 17.6 Å². The highest BCUT2D eigenvalue weighted by atomic mass is 16.2. The summed E-state index contributed by atoms with van der Waals surface area (Å²) in [5.41, 5.74) is 9.39. The third-order valence-electron chi connectivity index (χ3n) is 9.26. The first-order chi connectivity index (χ1) is 22.6. The Morgan fingerprint density at radius 1 is 0.783 bits per heavy atom. The minimum absolute atomic E-state index is 0.178. The number of nitrogens with one attached hydrogen (secondary N) is 1. The average Bonchev–Trinajstić information content (AvgIpc) is 3.52. The molecule has 1 N–H and O–H groups in total. The van der Waals surface area contributed by atoms with E-state index in [1.54, 1.807) is 0 Å². The molecule has 3 aromatic carbocycles. The summed E-state index contributed by atoms with van der Waals surface area (Å²) in [6, 6.07) is 27.2. The van der Waals surface area contributed by atoms with E-state index in [0.717, 1.165) is 77.1 Å². The minimum atomic E-state index is -0.238. The van der Waals surface area contributed by atoms with Crippen molar-refractivity contribution >= 4 is 34.1 Å². The number of carbonyl (C=O) groups is 2. The van der Waals surface area contributed by atoms with Gasteiger partial charge in [-0.15, -0.1) is 0 Å². The Morgan fingerprint density at radius 3 is 2.39 bits per heavy atom. The fourth-order valence-electron chi connectivity index (χ4n) is 6.70. The summed E-state index contributed by atoms with van der Waals surface area (Å²) in [5.74, 6) is -0.603. The number of piperazine rings is 1. The molecule has 2 aliphatic heterocycles. The Bertz CT molecular complexity index is 2060. The molecule has 2 amide bonds. The Hall–Kier alpha value is -5.41. The summed E-state index contributed by atoms with van der Waals surface area (Å²) >= 11 is 0. The summed E-state index contributed by atoms with van der Waals surface area (Å²) in [6.07, 6.45) is 8.66. The normalized spacial score (nSPS) is 17.5. The smallest absolute Gasteiger partial charge is 0.234 e. The number of pyridine rings is 1. The minimum Gasteiger partial charge on any atom is -0.369 e. The lowest BCUT2D eigenvalue weighted by Crippen LogP contribution is -2.45. The first-order valence-corrected chi connectivity index (χ1v) is 15.8.